The fourth-order valence-electron chi connectivity index (χ4n) is 0.367. The van der Waals surface area contributed by atoms with Gasteiger partial charge in [0.15, 0.2) is 0 Å². The van der Waals surface area contributed by atoms with Crippen LogP contribution in [-0.4, -0.2) is 26.9 Å². The van der Waals surface area contributed by atoms with Crippen molar-refractivity contribution in [2.45, 2.75) is 6.92 Å². The molecule has 0 aliphatic heterocycles. The zero-order chi connectivity index (χ0) is 6.24. The van der Waals surface area contributed by atoms with Gasteiger partial charge in [0.1, 0.15) is 0 Å². The minimum atomic E-state index is 0.681. The van der Waals surface area contributed by atoms with Crippen LogP contribution in [0.1, 0.15) is 6.92 Å². The molecule has 0 atom stereocenters. The lowest BCUT2D eigenvalue weighted by molar-refractivity contribution is 0.145. The Labute approximate surface area is 50.8 Å². The molecule has 49 valence electrons. The van der Waals surface area contributed by atoms with Crippen LogP contribution in [0.4, 0.5) is 0 Å². The van der Waals surface area contributed by atoms with Crippen LogP contribution in [0.2, 0.25) is 0 Å². The maximum absolute atomic E-state index is 5.00. The second-order valence-corrected chi connectivity index (χ2v) is 1.40. The summed E-state index contributed by atoms with van der Waals surface area (Å²) in [5, 5.41) is 0. The van der Waals surface area contributed by atoms with E-state index in [1.54, 1.807) is 7.11 Å². The van der Waals surface area contributed by atoms with Crippen LogP contribution >= 0.6 is 0 Å². The lowest BCUT2D eigenvalue weighted by Crippen LogP contribution is -1.98. The maximum atomic E-state index is 5.00. The number of ether oxygens (including phenoxy) is 2. The summed E-state index contributed by atoms with van der Waals surface area (Å²) in [5.74, 6) is 0. The molecule has 0 fully saturated rings. The molecule has 0 aromatic rings. The van der Waals surface area contributed by atoms with Gasteiger partial charge in [-0.2, -0.15) is 0 Å². The van der Waals surface area contributed by atoms with Crippen molar-refractivity contribution in [2.24, 2.45) is 0 Å². The molecule has 0 aliphatic carbocycles. The first-order valence-electron chi connectivity index (χ1n) is 2.80. The van der Waals surface area contributed by atoms with Gasteiger partial charge < -0.3 is 9.47 Å². The molecule has 1 radical (unpaired) electrons. The molecule has 0 saturated carbocycles. The number of hydrogen-bond acceptors (Lipinski definition) is 2. The fourth-order valence-corrected chi connectivity index (χ4v) is 0.367. The van der Waals surface area contributed by atoms with Crippen LogP contribution in [-0.2, 0) is 9.47 Å². The number of hydrogen-bond donors (Lipinski definition) is 0. The van der Waals surface area contributed by atoms with E-state index < -0.39 is 0 Å². The minimum Gasteiger partial charge on any atom is -0.384 e. The molecule has 0 bridgehead atoms. The molecule has 0 unspecified atom stereocenters. The highest BCUT2D eigenvalue weighted by Crippen LogP contribution is 1.79. The zero-order valence-corrected chi connectivity index (χ0v) is 5.52. The Balaban J connectivity index is 2.53. The Morgan fingerprint density at radius 2 is 2.12 bits per heavy atom. The monoisotopic (exact) mass is 117 g/mol. The standard InChI is InChI=1S/C6H13O2/c1-3-8-6-4-5-7-2/h4H,3,5-6H2,1-2H3. The summed E-state index contributed by atoms with van der Waals surface area (Å²) < 4.78 is 9.75. The van der Waals surface area contributed by atoms with E-state index in [0.717, 1.165) is 6.61 Å². The highest BCUT2D eigenvalue weighted by Gasteiger charge is 1.83. The number of methoxy groups -OCH3 is 1. The van der Waals surface area contributed by atoms with Gasteiger partial charge in [-0.05, 0) is 6.92 Å². The van der Waals surface area contributed by atoms with E-state index in [9.17, 15) is 0 Å². The molecule has 0 N–H and O–H groups in total. The van der Waals surface area contributed by atoms with E-state index in [2.05, 4.69) is 0 Å². The van der Waals surface area contributed by atoms with Gasteiger partial charge in [-0.25, -0.2) is 0 Å². The molecule has 2 heteroatoms. The zero-order valence-electron chi connectivity index (χ0n) is 5.52. The van der Waals surface area contributed by atoms with Gasteiger partial charge in [0.05, 0.1) is 13.2 Å². The number of rotatable bonds is 5. The van der Waals surface area contributed by atoms with E-state index in [1.165, 1.54) is 0 Å². The quantitative estimate of drug-likeness (QED) is 0.497. The molecule has 0 amide bonds. The van der Waals surface area contributed by atoms with Crippen molar-refractivity contribution in [1.82, 2.24) is 0 Å². The Bertz CT molecular complexity index is 31.5. The highest BCUT2D eigenvalue weighted by atomic mass is 16.5. The smallest absolute Gasteiger partial charge is 0.0520 e. The summed E-state index contributed by atoms with van der Waals surface area (Å²) in [6.45, 7) is 4.13. The van der Waals surface area contributed by atoms with Crippen molar-refractivity contribution in [3.8, 4) is 0 Å². The van der Waals surface area contributed by atoms with Gasteiger partial charge in [-0.1, -0.05) is 0 Å². The normalized spacial score (nSPS) is 9.75. The third-order valence-electron chi connectivity index (χ3n) is 0.724. The third kappa shape index (κ3) is 5.92. The van der Waals surface area contributed by atoms with Crippen molar-refractivity contribution in [1.29, 1.82) is 0 Å². The van der Waals surface area contributed by atoms with Crippen LogP contribution in [0, 0.1) is 6.42 Å². The molecule has 0 rings (SSSR count). The molecule has 0 aromatic carbocycles. The van der Waals surface area contributed by atoms with Gasteiger partial charge in [0, 0.05) is 20.1 Å². The molecular formula is C6H13O2. The summed E-state index contributed by atoms with van der Waals surface area (Å²) in [4.78, 5) is 0. The van der Waals surface area contributed by atoms with Crippen molar-refractivity contribution >= 4 is 0 Å². The largest absolute Gasteiger partial charge is 0.384 e. The third-order valence-corrected chi connectivity index (χ3v) is 0.724. The Morgan fingerprint density at radius 3 is 2.62 bits per heavy atom. The Kier molecular flexibility index (Phi) is 6.85. The van der Waals surface area contributed by atoms with E-state index in [4.69, 9.17) is 9.47 Å². The molecule has 0 spiro atoms. The van der Waals surface area contributed by atoms with E-state index in [1.807, 2.05) is 13.3 Å². The lowest BCUT2D eigenvalue weighted by atomic mass is 10.5. The molecule has 0 aliphatic rings. The average molecular weight is 117 g/mol. The summed E-state index contributed by atoms with van der Waals surface area (Å²) in [5.41, 5.74) is 0. The van der Waals surface area contributed by atoms with Gasteiger partial charge in [-0.15, -0.1) is 0 Å². The molecule has 0 aromatic heterocycles. The summed E-state index contributed by atoms with van der Waals surface area (Å²) in [6, 6.07) is 0. The van der Waals surface area contributed by atoms with E-state index in [0.29, 0.717) is 13.2 Å². The second kappa shape index (κ2) is 6.92. The maximum Gasteiger partial charge on any atom is 0.0520 e. The average Bonchev–Trinajstić information content (AvgIpc) is 1.81. The summed E-state index contributed by atoms with van der Waals surface area (Å²) in [7, 11) is 1.67. The summed E-state index contributed by atoms with van der Waals surface area (Å²) >= 11 is 0. The topological polar surface area (TPSA) is 18.5 Å². The van der Waals surface area contributed by atoms with Gasteiger partial charge in [0.25, 0.3) is 0 Å². The van der Waals surface area contributed by atoms with Crippen LogP contribution in [0.5, 0.6) is 0 Å². The first-order valence-corrected chi connectivity index (χ1v) is 2.80. The predicted molar refractivity (Wildman–Crippen MR) is 32.7 cm³/mol. The fraction of sp³-hybridized carbons (Fsp3) is 0.833. The van der Waals surface area contributed by atoms with Gasteiger partial charge in [-0.3, -0.25) is 0 Å². The first-order chi connectivity index (χ1) is 3.91. The van der Waals surface area contributed by atoms with Crippen molar-refractivity contribution in [3.05, 3.63) is 6.42 Å². The van der Waals surface area contributed by atoms with E-state index in [-0.39, 0.29) is 0 Å². The van der Waals surface area contributed by atoms with Crippen LogP contribution in [0.25, 0.3) is 0 Å². The Morgan fingerprint density at radius 1 is 1.38 bits per heavy atom. The predicted octanol–water partition coefficient (Wildman–Crippen LogP) is 0.874. The van der Waals surface area contributed by atoms with Crippen LogP contribution in [0.3, 0.4) is 0 Å². The van der Waals surface area contributed by atoms with E-state index >= 15 is 0 Å². The minimum absolute atomic E-state index is 0.681. The molecule has 2 nitrogen and oxygen atoms in total. The second-order valence-electron chi connectivity index (χ2n) is 1.40. The first kappa shape index (κ1) is 7.92. The lowest BCUT2D eigenvalue weighted by Gasteiger charge is -1.97. The SMILES string of the molecule is CCOC[CH]COC. The Hall–Kier alpha value is -0.0800. The van der Waals surface area contributed by atoms with Gasteiger partial charge >= 0.3 is 0 Å². The van der Waals surface area contributed by atoms with Crippen molar-refractivity contribution < 1.29 is 9.47 Å². The molecule has 8 heavy (non-hydrogen) atoms. The van der Waals surface area contributed by atoms with Crippen LogP contribution < -0.4 is 0 Å². The van der Waals surface area contributed by atoms with Gasteiger partial charge in [0.2, 0.25) is 0 Å². The van der Waals surface area contributed by atoms with Crippen molar-refractivity contribution in [3.63, 3.8) is 0 Å². The highest BCUT2D eigenvalue weighted by molar-refractivity contribution is 4.59. The molecular weight excluding hydrogens is 104 g/mol. The summed E-state index contributed by atoms with van der Waals surface area (Å²) in [6.07, 6.45) is 1.95. The molecule has 0 heterocycles. The van der Waals surface area contributed by atoms with Crippen LogP contribution in [0.15, 0.2) is 0 Å². The van der Waals surface area contributed by atoms with Crippen molar-refractivity contribution in [2.75, 3.05) is 26.9 Å². The molecule has 0 saturated heterocycles.